The Morgan fingerprint density at radius 3 is 2.45 bits per heavy atom. The molecule has 0 atom stereocenters. The van der Waals surface area contributed by atoms with E-state index in [1.54, 1.807) is 30.3 Å². The molecule has 0 aliphatic heterocycles. The molecule has 1 aromatic heterocycles. The third kappa shape index (κ3) is 8.08. The molecule has 3 N–H and O–H groups in total. The lowest BCUT2D eigenvalue weighted by atomic mass is 10.2. The lowest BCUT2D eigenvalue weighted by Crippen LogP contribution is -2.42. The SMILES string of the molecule is CCCCCCOc1ccc(C(=O)NNC(=O)CCNC(=O)c2ccco2)cc1. The summed E-state index contributed by atoms with van der Waals surface area (Å²) in [6.45, 7) is 2.93. The second-order valence-corrected chi connectivity index (χ2v) is 6.42. The molecule has 8 nitrogen and oxygen atoms in total. The molecule has 0 bridgehead atoms. The molecule has 8 heteroatoms. The summed E-state index contributed by atoms with van der Waals surface area (Å²) in [6.07, 6.45) is 5.93. The van der Waals surface area contributed by atoms with Gasteiger partial charge < -0.3 is 14.5 Å². The highest BCUT2D eigenvalue weighted by molar-refractivity contribution is 5.95. The highest BCUT2D eigenvalue weighted by Crippen LogP contribution is 2.13. The van der Waals surface area contributed by atoms with Crippen LogP contribution in [0, 0.1) is 0 Å². The Balaban J connectivity index is 1.63. The zero-order valence-corrected chi connectivity index (χ0v) is 16.5. The number of ether oxygens (including phenoxy) is 1. The van der Waals surface area contributed by atoms with E-state index in [2.05, 4.69) is 23.1 Å². The van der Waals surface area contributed by atoms with Crippen LogP contribution in [0.5, 0.6) is 5.75 Å². The molecule has 0 aliphatic rings. The summed E-state index contributed by atoms with van der Waals surface area (Å²) < 4.78 is 10.6. The number of hydrazine groups is 1. The molecule has 0 aliphatic carbocycles. The molecule has 2 rings (SSSR count). The fourth-order valence-corrected chi connectivity index (χ4v) is 2.47. The fourth-order valence-electron chi connectivity index (χ4n) is 2.47. The van der Waals surface area contributed by atoms with Crippen molar-refractivity contribution in [2.45, 2.75) is 39.0 Å². The van der Waals surface area contributed by atoms with E-state index in [1.807, 2.05) is 0 Å². The van der Waals surface area contributed by atoms with Gasteiger partial charge in [0, 0.05) is 18.5 Å². The zero-order chi connectivity index (χ0) is 20.9. The third-order valence-corrected chi connectivity index (χ3v) is 4.08. The number of amides is 3. The van der Waals surface area contributed by atoms with E-state index in [-0.39, 0.29) is 18.7 Å². The molecular weight excluding hydrogens is 374 g/mol. The third-order valence-electron chi connectivity index (χ3n) is 4.08. The predicted octanol–water partition coefficient (Wildman–Crippen LogP) is 2.82. The summed E-state index contributed by atoms with van der Waals surface area (Å²) in [5.41, 5.74) is 5.05. The number of unbranched alkanes of at least 4 members (excludes halogenated alkanes) is 3. The molecule has 0 spiro atoms. The number of carbonyl (C=O) groups is 3. The predicted molar refractivity (Wildman–Crippen MR) is 107 cm³/mol. The van der Waals surface area contributed by atoms with Gasteiger partial charge in [0.25, 0.3) is 11.8 Å². The topological polar surface area (TPSA) is 110 Å². The minimum Gasteiger partial charge on any atom is -0.494 e. The van der Waals surface area contributed by atoms with Gasteiger partial charge in [0.05, 0.1) is 12.9 Å². The Morgan fingerprint density at radius 2 is 1.76 bits per heavy atom. The van der Waals surface area contributed by atoms with E-state index in [9.17, 15) is 14.4 Å². The quantitative estimate of drug-likeness (QED) is 0.396. The van der Waals surface area contributed by atoms with Crippen LogP contribution in [-0.4, -0.2) is 30.9 Å². The largest absolute Gasteiger partial charge is 0.494 e. The van der Waals surface area contributed by atoms with Gasteiger partial charge >= 0.3 is 0 Å². The Bertz CT molecular complexity index is 772. The first-order chi connectivity index (χ1) is 14.1. The molecule has 156 valence electrons. The van der Waals surface area contributed by atoms with Gasteiger partial charge in [-0.1, -0.05) is 26.2 Å². The molecule has 0 fully saturated rings. The molecule has 0 saturated carbocycles. The molecule has 3 amide bonds. The molecule has 29 heavy (non-hydrogen) atoms. The van der Waals surface area contributed by atoms with E-state index >= 15 is 0 Å². The average molecular weight is 401 g/mol. The monoisotopic (exact) mass is 401 g/mol. The van der Waals surface area contributed by atoms with Crippen molar-refractivity contribution in [3.63, 3.8) is 0 Å². The minimum absolute atomic E-state index is 0.0114. The van der Waals surface area contributed by atoms with Crippen LogP contribution in [0.1, 0.15) is 59.9 Å². The van der Waals surface area contributed by atoms with E-state index in [1.165, 1.54) is 25.2 Å². The number of hydrogen-bond donors (Lipinski definition) is 3. The van der Waals surface area contributed by atoms with Gasteiger partial charge in [0.2, 0.25) is 5.91 Å². The molecule has 1 heterocycles. The van der Waals surface area contributed by atoms with Gasteiger partial charge in [0.1, 0.15) is 5.75 Å². The normalized spacial score (nSPS) is 10.2. The van der Waals surface area contributed by atoms with Gasteiger partial charge in [-0.2, -0.15) is 0 Å². The maximum Gasteiger partial charge on any atom is 0.286 e. The fraction of sp³-hybridized carbons (Fsp3) is 0.381. The van der Waals surface area contributed by atoms with Crippen molar-refractivity contribution in [2.24, 2.45) is 0 Å². The highest BCUT2D eigenvalue weighted by Gasteiger charge is 2.10. The van der Waals surface area contributed by atoms with Crippen LogP contribution in [0.25, 0.3) is 0 Å². The minimum atomic E-state index is -0.438. The van der Waals surface area contributed by atoms with E-state index < -0.39 is 17.7 Å². The summed E-state index contributed by atoms with van der Waals surface area (Å²) in [4.78, 5) is 35.5. The van der Waals surface area contributed by atoms with Crippen molar-refractivity contribution in [3.05, 3.63) is 54.0 Å². The Hall–Kier alpha value is -3.29. The first kappa shape index (κ1) is 22.0. The van der Waals surface area contributed by atoms with Crippen LogP contribution in [-0.2, 0) is 4.79 Å². The Morgan fingerprint density at radius 1 is 0.966 bits per heavy atom. The summed E-state index contributed by atoms with van der Waals surface area (Å²) in [6, 6.07) is 9.84. The molecule has 1 aromatic carbocycles. The molecule has 0 unspecified atom stereocenters. The Kier molecular flexibility index (Phi) is 9.28. The smallest absolute Gasteiger partial charge is 0.286 e. The van der Waals surface area contributed by atoms with Crippen LogP contribution >= 0.6 is 0 Å². The average Bonchev–Trinajstić information content (AvgIpc) is 3.27. The van der Waals surface area contributed by atoms with Crippen molar-refractivity contribution in [3.8, 4) is 5.75 Å². The van der Waals surface area contributed by atoms with E-state index in [4.69, 9.17) is 9.15 Å². The van der Waals surface area contributed by atoms with Gasteiger partial charge in [-0.05, 0) is 42.8 Å². The van der Waals surface area contributed by atoms with Crippen LogP contribution in [0.15, 0.2) is 47.1 Å². The first-order valence-corrected chi connectivity index (χ1v) is 9.74. The maximum atomic E-state index is 12.1. The van der Waals surface area contributed by atoms with Crippen molar-refractivity contribution < 1.29 is 23.5 Å². The first-order valence-electron chi connectivity index (χ1n) is 9.74. The number of nitrogens with one attached hydrogen (secondary N) is 3. The number of carbonyl (C=O) groups excluding carboxylic acids is 3. The zero-order valence-electron chi connectivity index (χ0n) is 16.5. The molecular formula is C21H27N3O5. The lowest BCUT2D eigenvalue weighted by molar-refractivity contribution is -0.121. The van der Waals surface area contributed by atoms with E-state index in [0.29, 0.717) is 17.9 Å². The van der Waals surface area contributed by atoms with Gasteiger partial charge in [0.15, 0.2) is 5.76 Å². The van der Waals surface area contributed by atoms with Crippen molar-refractivity contribution in [2.75, 3.05) is 13.2 Å². The van der Waals surface area contributed by atoms with E-state index in [0.717, 1.165) is 12.8 Å². The number of furan rings is 1. The molecule has 0 radical (unpaired) electrons. The van der Waals surface area contributed by atoms with Crippen LogP contribution in [0.4, 0.5) is 0 Å². The van der Waals surface area contributed by atoms with Crippen LogP contribution in [0.3, 0.4) is 0 Å². The molecule has 0 saturated heterocycles. The van der Waals surface area contributed by atoms with Gasteiger partial charge in [-0.3, -0.25) is 25.2 Å². The molecule has 2 aromatic rings. The second-order valence-electron chi connectivity index (χ2n) is 6.42. The summed E-state index contributed by atoms with van der Waals surface area (Å²) in [5, 5.41) is 2.55. The van der Waals surface area contributed by atoms with Crippen LogP contribution in [0.2, 0.25) is 0 Å². The number of rotatable bonds is 11. The van der Waals surface area contributed by atoms with Crippen molar-refractivity contribution in [1.82, 2.24) is 16.2 Å². The summed E-state index contributed by atoms with van der Waals surface area (Å²) in [7, 11) is 0. The van der Waals surface area contributed by atoms with Crippen molar-refractivity contribution in [1.29, 1.82) is 0 Å². The maximum absolute atomic E-state index is 12.1. The van der Waals surface area contributed by atoms with Gasteiger partial charge in [-0.15, -0.1) is 0 Å². The highest BCUT2D eigenvalue weighted by atomic mass is 16.5. The lowest BCUT2D eigenvalue weighted by Gasteiger charge is -2.09. The number of hydrogen-bond acceptors (Lipinski definition) is 5. The summed E-state index contributed by atoms with van der Waals surface area (Å²) >= 11 is 0. The Labute approximate surface area is 170 Å². The van der Waals surface area contributed by atoms with Crippen molar-refractivity contribution >= 4 is 17.7 Å². The number of benzene rings is 1. The summed E-state index contributed by atoms with van der Waals surface area (Å²) in [5.74, 6) is -0.390. The van der Waals surface area contributed by atoms with Crippen LogP contribution < -0.4 is 20.9 Å². The van der Waals surface area contributed by atoms with Gasteiger partial charge in [-0.25, -0.2) is 0 Å². The second kappa shape index (κ2) is 12.2. The standard InChI is InChI=1S/C21H27N3O5/c1-2-3-4-5-14-28-17-10-8-16(9-11-17)20(26)24-23-19(25)12-13-22-21(27)18-7-6-15-29-18/h6-11,15H,2-5,12-14H2,1H3,(H,22,27)(H,23,25)(H,24,26).